The van der Waals surface area contributed by atoms with Gasteiger partial charge in [-0.05, 0) is 37.4 Å². The first-order chi connectivity index (χ1) is 9.08. The summed E-state index contributed by atoms with van der Waals surface area (Å²) in [7, 11) is 0. The van der Waals surface area contributed by atoms with E-state index < -0.39 is 0 Å². The lowest BCUT2D eigenvalue weighted by Gasteiger charge is -2.24. The largest absolute Gasteiger partial charge is 0.292 e. The van der Waals surface area contributed by atoms with Gasteiger partial charge in [-0.3, -0.25) is 14.5 Å². The number of rotatable bonds is 4. The van der Waals surface area contributed by atoms with Crippen molar-refractivity contribution < 1.29 is 9.59 Å². The van der Waals surface area contributed by atoms with E-state index in [1.54, 1.807) is 24.3 Å². The molecule has 1 aromatic rings. The van der Waals surface area contributed by atoms with E-state index in [1.165, 1.54) is 4.90 Å². The van der Waals surface area contributed by atoms with Gasteiger partial charge in [0.25, 0.3) is 5.91 Å². The van der Waals surface area contributed by atoms with E-state index in [4.69, 9.17) is 11.6 Å². The Labute approximate surface area is 117 Å². The third-order valence-corrected chi connectivity index (χ3v) is 3.71. The molecule has 2 rings (SSSR count). The number of amides is 2. The highest BCUT2D eigenvalue weighted by Crippen LogP contribution is 2.26. The number of likely N-dealkylation sites (N-methyl/N-ethyl adjacent to an activating group) is 1. The van der Waals surface area contributed by atoms with Crippen LogP contribution in [-0.2, 0) is 9.59 Å². The fourth-order valence-corrected chi connectivity index (χ4v) is 2.55. The molecule has 1 heterocycles. The van der Waals surface area contributed by atoms with Gasteiger partial charge in [-0.1, -0.05) is 25.4 Å². The second kappa shape index (κ2) is 5.72. The fraction of sp³-hybridized carbons (Fsp3) is 0.429. The molecular formula is C14H17ClN2O2. The Bertz CT molecular complexity index is 483. The highest BCUT2D eigenvalue weighted by molar-refractivity contribution is 6.30. The van der Waals surface area contributed by atoms with Crippen LogP contribution in [0.25, 0.3) is 0 Å². The Morgan fingerprint density at radius 2 is 1.79 bits per heavy atom. The maximum atomic E-state index is 12.4. The summed E-state index contributed by atoms with van der Waals surface area (Å²) < 4.78 is 0. The standard InChI is InChI=1S/C14H17ClN2O2/c1-3-16(4-2)12-9-13(18)17(14(12)19)11-7-5-10(15)6-8-11/h5-8,12H,3-4,9H2,1-2H3/t12-/m0/s1. The van der Waals surface area contributed by atoms with Crippen LogP contribution in [0.15, 0.2) is 24.3 Å². The molecule has 0 aromatic heterocycles. The van der Waals surface area contributed by atoms with Crippen molar-refractivity contribution in [3.8, 4) is 0 Å². The molecule has 0 bridgehead atoms. The average molecular weight is 281 g/mol. The van der Waals surface area contributed by atoms with Gasteiger partial charge in [-0.25, -0.2) is 4.90 Å². The first-order valence-corrected chi connectivity index (χ1v) is 6.82. The zero-order valence-corrected chi connectivity index (χ0v) is 11.9. The van der Waals surface area contributed by atoms with E-state index in [0.29, 0.717) is 10.7 Å². The molecule has 5 heteroatoms. The lowest BCUT2D eigenvalue weighted by molar-refractivity contribution is -0.122. The Hall–Kier alpha value is -1.39. The van der Waals surface area contributed by atoms with Crippen LogP contribution >= 0.6 is 11.6 Å². The van der Waals surface area contributed by atoms with Crippen molar-refractivity contribution in [2.75, 3.05) is 18.0 Å². The number of carbonyl (C=O) groups is 2. The van der Waals surface area contributed by atoms with Gasteiger partial charge in [0, 0.05) is 5.02 Å². The molecule has 0 spiro atoms. The quantitative estimate of drug-likeness (QED) is 0.795. The Kier molecular flexibility index (Phi) is 4.22. The Balaban J connectivity index is 2.26. The van der Waals surface area contributed by atoms with Crippen LogP contribution in [0.3, 0.4) is 0 Å². The Morgan fingerprint density at radius 3 is 2.32 bits per heavy atom. The molecule has 1 atom stereocenters. The van der Waals surface area contributed by atoms with Gasteiger partial charge in [-0.2, -0.15) is 0 Å². The third-order valence-electron chi connectivity index (χ3n) is 3.46. The lowest BCUT2D eigenvalue weighted by Crippen LogP contribution is -2.41. The number of hydrogen-bond donors (Lipinski definition) is 0. The topological polar surface area (TPSA) is 40.6 Å². The number of carbonyl (C=O) groups excluding carboxylic acids is 2. The SMILES string of the molecule is CCN(CC)[C@H]1CC(=O)N(c2ccc(Cl)cc2)C1=O. The van der Waals surface area contributed by atoms with E-state index in [2.05, 4.69) is 0 Å². The van der Waals surface area contributed by atoms with Crippen LogP contribution in [-0.4, -0.2) is 35.8 Å². The van der Waals surface area contributed by atoms with E-state index >= 15 is 0 Å². The van der Waals surface area contributed by atoms with Crippen molar-refractivity contribution >= 4 is 29.1 Å². The highest BCUT2D eigenvalue weighted by Gasteiger charge is 2.41. The van der Waals surface area contributed by atoms with Gasteiger partial charge in [0.1, 0.15) is 0 Å². The summed E-state index contributed by atoms with van der Waals surface area (Å²) >= 11 is 5.82. The van der Waals surface area contributed by atoms with Gasteiger partial charge in [0.05, 0.1) is 18.2 Å². The van der Waals surface area contributed by atoms with E-state index in [9.17, 15) is 9.59 Å². The van der Waals surface area contributed by atoms with Crippen LogP contribution in [0, 0.1) is 0 Å². The van der Waals surface area contributed by atoms with Gasteiger partial charge in [0.15, 0.2) is 0 Å². The first-order valence-electron chi connectivity index (χ1n) is 6.44. The normalized spacial score (nSPS) is 19.6. The number of halogens is 1. The van der Waals surface area contributed by atoms with Crippen molar-refractivity contribution in [2.24, 2.45) is 0 Å². The zero-order valence-electron chi connectivity index (χ0n) is 11.1. The maximum absolute atomic E-state index is 12.4. The molecule has 19 heavy (non-hydrogen) atoms. The lowest BCUT2D eigenvalue weighted by atomic mass is 10.2. The van der Waals surface area contributed by atoms with Gasteiger partial charge in [0.2, 0.25) is 5.91 Å². The number of benzene rings is 1. The summed E-state index contributed by atoms with van der Waals surface area (Å²) in [6, 6.07) is 6.42. The predicted octanol–water partition coefficient (Wildman–Crippen LogP) is 2.31. The van der Waals surface area contributed by atoms with Crippen LogP contribution in [0.2, 0.25) is 5.02 Å². The number of imide groups is 1. The molecule has 0 radical (unpaired) electrons. The van der Waals surface area contributed by atoms with Gasteiger partial charge >= 0.3 is 0 Å². The minimum Gasteiger partial charge on any atom is -0.292 e. The highest BCUT2D eigenvalue weighted by atomic mass is 35.5. The van der Waals surface area contributed by atoms with Crippen LogP contribution in [0.4, 0.5) is 5.69 Å². The molecule has 4 nitrogen and oxygen atoms in total. The number of anilines is 1. The number of hydrogen-bond acceptors (Lipinski definition) is 3. The summed E-state index contributed by atoms with van der Waals surface area (Å²) in [5, 5.41) is 0.586. The Morgan fingerprint density at radius 1 is 1.21 bits per heavy atom. The monoisotopic (exact) mass is 280 g/mol. The molecule has 0 N–H and O–H groups in total. The van der Waals surface area contributed by atoms with E-state index in [-0.39, 0.29) is 24.3 Å². The molecule has 1 saturated heterocycles. The third kappa shape index (κ3) is 2.65. The molecule has 1 aliphatic heterocycles. The molecule has 0 aliphatic carbocycles. The van der Waals surface area contributed by atoms with Gasteiger partial charge in [-0.15, -0.1) is 0 Å². The molecule has 102 valence electrons. The summed E-state index contributed by atoms with van der Waals surface area (Å²) in [4.78, 5) is 27.7. The maximum Gasteiger partial charge on any atom is 0.251 e. The summed E-state index contributed by atoms with van der Waals surface area (Å²) in [5.74, 6) is -0.291. The summed E-state index contributed by atoms with van der Waals surface area (Å²) in [6.45, 7) is 5.50. The van der Waals surface area contributed by atoms with Crippen molar-refractivity contribution in [1.82, 2.24) is 4.90 Å². The summed E-state index contributed by atoms with van der Waals surface area (Å²) in [6.07, 6.45) is 0.253. The second-order valence-corrected chi connectivity index (χ2v) is 4.92. The molecule has 1 aliphatic rings. The molecule has 0 saturated carbocycles. The minimum atomic E-state index is -0.335. The molecular weight excluding hydrogens is 264 g/mol. The van der Waals surface area contributed by atoms with E-state index in [0.717, 1.165) is 13.1 Å². The summed E-state index contributed by atoms with van der Waals surface area (Å²) in [5.41, 5.74) is 0.592. The zero-order chi connectivity index (χ0) is 14.0. The predicted molar refractivity (Wildman–Crippen MR) is 75.3 cm³/mol. The smallest absolute Gasteiger partial charge is 0.251 e. The van der Waals surface area contributed by atoms with Crippen molar-refractivity contribution in [3.05, 3.63) is 29.3 Å². The van der Waals surface area contributed by atoms with Crippen molar-refractivity contribution in [3.63, 3.8) is 0 Å². The molecule has 2 amide bonds. The van der Waals surface area contributed by atoms with Crippen LogP contribution in [0.5, 0.6) is 0 Å². The van der Waals surface area contributed by atoms with Crippen molar-refractivity contribution in [1.29, 1.82) is 0 Å². The fourth-order valence-electron chi connectivity index (χ4n) is 2.43. The van der Waals surface area contributed by atoms with Gasteiger partial charge < -0.3 is 0 Å². The van der Waals surface area contributed by atoms with Crippen molar-refractivity contribution in [2.45, 2.75) is 26.3 Å². The van der Waals surface area contributed by atoms with Crippen LogP contribution in [0.1, 0.15) is 20.3 Å². The minimum absolute atomic E-state index is 0.143. The second-order valence-electron chi connectivity index (χ2n) is 4.48. The number of nitrogens with zero attached hydrogens (tertiary/aromatic N) is 2. The van der Waals surface area contributed by atoms with Crippen LogP contribution < -0.4 is 4.90 Å². The molecule has 1 aromatic carbocycles. The van der Waals surface area contributed by atoms with E-state index in [1.807, 2.05) is 18.7 Å². The first kappa shape index (κ1) is 14.0. The molecule has 0 unspecified atom stereocenters. The molecule has 1 fully saturated rings. The average Bonchev–Trinajstić information content (AvgIpc) is 2.68.